The summed E-state index contributed by atoms with van der Waals surface area (Å²) in [6.45, 7) is 0. The van der Waals surface area contributed by atoms with Gasteiger partial charge in [0, 0.05) is 0 Å². The zero-order chi connectivity index (χ0) is 12.7. The fraction of sp³-hybridized carbons (Fsp3) is 1.00. The molecule has 0 saturated carbocycles. The van der Waals surface area contributed by atoms with Crippen LogP contribution in [0, 0.1) is 0 Å². The first kappa shape index (κ1) is 14.5. The van der Waals surface area contributed by atoms with Crippen molar-refractivity contribution in [3.63, 3.8) is 0 Å². The van der Waals surface area contributed by atoms with Crippen LogP contribution in [0.1, 0.15) is 0 Å². The third-order valence-electron chi connectivity index (χ3n) is 1.02. The van der Waals surface area contributed by atoms with Crippen molar-refractivity contribution in [1.29, 1.82) is 0 Å². The van der Waals surface area contributed by atoms with Crippen LogP contribution < -0.4 is 0 Å². The SMILES string of the molecule is O=S(=O)(F)CS(=O)(=O)C(F)(F)C(F)(F)F. The Morgan fingerprint density at radius 2 is 1.20 bits per heavy atom. The van der Waals surface area contributed by atoms with E-state index < -0.39 is 36.6 Å². The van der Waals surface area contributed by atoms with Gasteiger partial charge in [-0.05, 0) is 0 Å². The van der Waals surface area contributed by atoms with Gasteiger partial charge in [-0.15, -0.1) is 3.89 Å². The molecule has 4 nitrogen and oxygen atoms in total. The van der Waals surface area contributed by atoms with E-state index >= 15 is 0 Å². The average Bonchev–Trinajstić information content (AvgIpc) is 1.77. The second-order valence-corrected chi connectivity index (χ2v) is 6.05. The minimum atomic E-state index is -6.50. The van der Waals surface area contributed by atoms with Gasteiger partial charge in [-0.3, -0.25) is 0 Å². The number of alkyl halides is 5. The number of halogens is 6. The standard InChI is InChI=1S/C3H2F6O4S2/c4-2(5,6)3(7,8)14(10,11)1-15(9,12)13/h1H2. The molecule has 0 unspecified atom stereocenters. The molecule has 0 aliphatic heterocycles. The van der Waals surface area contributed by atoms with Crippen molar-refractivity contribution >= 4 is 20.1 Å². The molecule has 12 heteroatoms. The molecule has 0 aromatic heterocycles. The van der Waals surface area contributed by atoms with Crippen molar-refractivity contribution in [3.8, 4) is 0 Å². The third kappa shape index (κ3) is 3.22. The van der Waals surface area contributed by atoms with Crippen molar-refractivity contribution < 1.29 is 42.7 Å². The Balaban J connectivity index is 5.43. The monoisotopic (exact) mass is 280 g/mol. The van der Waals surface area contributed by atoms with Crippen LogP contribution in [0.5, 0.6) is 0 Å². The summed E-state index contributed by atoms with van der Waals surface area (Å²) in [4.78, 5) is 0. The molecule has 0 spiro atoms. The van der Waals surface area contributed by atoms with E-state index in [9.17, 15) is 42.7 Å². The second-order valence-electron chi connectivity index (χ2n) is 2.29. The Morgan fingerprint density at radius 1 is 0.867 bits per heavy atom. The van der Waals surface area contributed by atoms with Crippen LogP contribution in [0.15, 0.2) is 0 Å². The highest BCUT2D eigenvalue weighted by Gasteiger charge is 2.67. The molecule has 0 N–H and O–H groups in total. The Hall–Kier alpha value is -0.520. The molecule has 0 aliphatic rings. The van der Waals surface area contributed by atoms with Gasteiger partial charge in [0.25, 0.3) is 0 Å². The van der Waals surface area contributed by atoms with Gasteiger partial charge in [0.1, 0.15) is 0 Å². The van der Waals surface area contributed by atoms with Gasteiger partial charge >= 0.3 is 21.7 Å². The summed E-state index contributed by atoms with van der Waals surface area (Å²) >= 11 is 0. The van der Waals surface area contributed by atoms with Gasteiger partial charge in [-0.1, -0.05) is 0 Å². The Labute approximate surface area is 80.0 Å². The summed E-state index contributed by atoms with van der Waals surface area (Å²) in [6.07, 6.45) is -6.50. The highest BCUT2D eigenvalue weighted by molar-refractivity contribution is 8.06. The fourth-order valence-electron chi connectivity index (χ4n) is 0.436. The second kappa shape index (κ2) is 3.50. The van der Waals surface area contributed by atoms with Crippen molar-refractivity contribution in [1.82, 2.24) is 0 Å². The van der Waals surface area contributed by atoms with E-state index in [1.54, 1.807) is 0 Å². The molecule has 92 valence electrons. The van der Waals surface area contributed by atoms with Crippen LogP contribution in [0.4, 0.5) is 25.8 Å². The quantitative estimate of drug-likeness (QED) is 0.567. The fourth-order valence-corrected chi connectivity index (χ4v) is 2.86. The largest absolute Gasteiger partial charge is 0.469 e. The van der Waals surface area contributed by atoms with E-state index in [1.165, 1.54) is 0 Å². The van der Waals surface area contributed by atoms with E-state index in [1.807, 2.05) is 0 Å². The lowest BCUT2D eigenvalue weighted by molar-refractivity contribution is -0.241. The highest BCUT2D eigenvalue weighted by Crippen LogP contribution is 2.40. The number of rotatable bonds is 3. The average molecular weight is 280 g/mol. The lowest BCUT2D eigenvalue weighted by Gasteiger charge is -2.18. The first-order valence-electron chi connectivity index (χ1n) is 2.80. The molecule has 0 rings (SSSR count). The smallest absolute Gasteiger partial charge is 0.221 e. The normalized spacial score (nSPS) is 15.3. The van der Waals surface area contributed by atoms with Crippen molar-refractivity contribution in [2.75, 3.05) is 5.08 Å². The van der Waals surface area contributed by atoms with E-state index in [0.29, 0.717) is 0 Å². The molecule has 0 amide bonds. The van der Waals surface area contributed by atoms with E-state index in [0.717, 1.165) is 0 Å². The molecule has 0 aliphatic carbocycles. The van der Waals surface area contributed by atoms with Crippen LogP contribution in [-0.4, -0.2) is 33.4 Å². The summed E-state index contributed by atoms with van der Waals surface area (Å²) in [6, 6.07) is 0. The summed E-state index contributed by atoms with van der Waals surface area (Å²) in [5.41, 5.74) is 0. The molecule has 0 bridgehead atoms. The maximum Gasteiger partial charge on any atom is 0.469 e. The molecule has 15 heavy (non-hydrogen) atoms. The highest BCUT2D eigenvalue weighted by atomic mass is 32.3. The van der Waals surface area contributed by atoms with Crippen LogP contribution in [0.3, 0.4) is 0 Å². The Kier molecular flexibility index (Phi) is 3.38. The molecule has 0 radical (unpaired) electrons. The predicted octanol–water partition coefficient (Wildman–Crippen LogP) is 0.813. The Bertz CT molecular complexity index is 429. The maximum absolute atomic E-state index is 12.1. The van der Waals surface area contributed by atoms with Crippen LogP contribution in [-0.2, 0) is 20.1 Å². The Morgan fingerprint density at radius 3 is 1.40 bits per heavy atom. The van der Waals surface area contributed by atoms with Crippen LogP contribution >= 0.6 is 0 Å². The summed E-state index contributed by atoms with van der Waals surface area (Å²) in [7, 11) is -12.5. The summed E-state index contributed by atoms with van der Waals surface area (Å²) < 4.78 is 110. The third-order valence-corrected chi connectivity index (χ3v) is 4.40. The predicted molar refractivity (Wildman–Crippen MR) is 34.8 cm³/mol. The van der Waals surface area contributed by atoms with Crippen LogP contribution in [0.25, 0.3) is 0 Å². The van der Waals surface area contributed by atoms with Gasteiger partial charge in [0.05, 0.1) is 0 Å². The minimum Gasteiger partial charge on any atom is -0.221 e. The van der Waals surface area contributed by atoms with Gasteiger partial charge in [-0.2, -0.15) is 30.4 Å². The summed E-state index contributed by atoms with van der Waals surface area (Å²) in [5, 5.41) is -9.23. The molecule has 0 heterocycles. The number of hydrogen-bond donors (Lipinski definition) is 0. The van der Waals surface area contributed by atoms with Crippen molar-refractivity contribution in [2.24, 2.45) is 0 Å². The van der Waals surface area contributed by atoms with E-state index in [4.69, 9.17) is 0 Å². The lowest BCUT2D eigenvalue weighted by atomic mass is 10.7. The molecule has 0 fully saturated rings. The molecule has 0 saturated heterocycles. The molecular formula is C3H2F6O4S2. The van der Waals surface area contributed by atoms with Crippen molar-refractivity contribution in [2.45, 2.75) is 11.4 Å². The van der Waals surface area contributed by atoms with Gasteiger partial charge in [0.15, 0.2) is 5.08 Å². The molecular weight excluding hydrogens is 278 g/mol. The number of sulfone groups is 1. The van der Waals surface area contributed by atoms with Gasteiger partial charge in [0.2, 0.25) is 9.84 Å². The van der Waals surface area contributed by atoms with Gasteiger partial charge < -0.3 is 0 Å². The lowest BCUT2D eigenvalue weighted by Crippen LogP contribution is -2.45. The first-order chi connectivity index (χ1) is 6.21. The molecule has 0 aromatic rings. The van der Waals surface area contributed by atoms with E-state index in [-0.39, 0.29) is 0 Å². The molecule has 0 aromatic carbocycles. The summed E-state index contributed by atoms with van der Waals surface area (Å²) in [5.74, 6) is 0. The minimum absolute atomic E-state index is 2.92. The van der Waals surface area contributed by atoms with Crippen LogP contribution in [0.2, 0.25) is 0 Å². The van der Waals surface area contributed by atoms with Crippen molar-refractivity contribution in [3.05, 3.63) is 0 Å². The zero-order valence-corrected chi connectivity index (χ0v) is 8.06. The molecule has 0 atom stereocenters. The topological polar surface area (TPSA) is 68.3 Å². The zero-order valence-electron chi connectivity index (χ0n) is 6.42. The first-order valence-corrected chi connectivity index (χ1v) is 6.00. The van der Waals surface area contributed by atoms with E-state index in [2.05, 4.69) is 0 Å². The number of hydrogen-bond acceptors (Lipinski definition) is 4. The maximum atomic E-state index is 12.1. The van der Waals surface area contributed by atoms with Gasteiger partial charge in [-0.25, -0.2) is 8.42 Å².